The van der Waals surface area contributed by atoms with Crippen molar-refractivity contribution in [1.29, 1.82) is 0 Å². The molecule has 3 aromatic rings. The Morgan fingerprint density at radius 1 is 1.33 bits per heavy atom. The summed E-state index contributed by atoms with van der Waals surface area (Å²) in [7, 11) is 0. The van der Waals surface area contributed by atoms with Crippen LogP contribution in [0, 0.1) is 6.92 Å². The maximum absolute atomic E-state index is 12.6. The highest BCUT2D eigenvalue weighted by atomic mass is 16.5. The molecule has 140 valence electrons. The van der Waals surface area contributed by atoms with Crippen LogP contribution in [0.25, 0.3) is 11.4 Å². The third kappa shape index (κ3) is 4.05. The number of benzene rings is 1. The van der Waals surface area contributed by atoms with Gasteiger partial charge in [-0.3, -0.25) is 4.79 Å². The topological polar surface area (TPSA) is 98.2 Å². The van der Waals surface area contributed by atoms with Gasteiger partial charge >= 0.3 is 0 Å². The van der Waals surface area contributed by atoms with E-state index in [0.29, 0.717) is 36.9 Å². The summed E-state index contributed by atoms with van der Waals surface area (Å²) in [6.07, 6.45) is 4.00. The molecule has 0 N–H and O–H groups in total. The summed E-state index contributed by atoms with van der Waals surface area (Å²) in [6, 6.07) is 7.93. The number of piperidine rings is 1. The van der Waals surface area contributed by atoms with Gasteiger partial charge in [-0.25, -0.2) is 0 Å². The summed E-state index contributed by atoms with van der Waals surface area (Å²) >= 11 is 0. The van der Waals surface area contributed by atoms with Crippen LogP contribution in [0.2, 0.25) is 0 Å². The Bertz CT molecular complexity index is 906. The van der Waals surface area contributed by atoms with Crippen molar-refractivity contribution < 1.29 is 13.8 Å². The van der Waals surface area contributed by atoms with E-state index in [4.69, 9.17) is 9.05 Å². The van der Waals surface area contributed by atoms with Crippen LogP contribution >= 0.6 is 0 Å². The molecule has 0 bridgehead atoms. The molecule has 8 heteroatoms. The second-order valence-corrected chi connectivity index (χ2v) is 6.85. The minimum atomic E-state index is 0.0819. The van der Waals surface area contributed by atoms with Crippen LogP contribution in [0.4, 0.5) is 0 Å². The van der Waals surface area contributed by atoms with E-state index in [2.05, 4.69) is 20.3 Å². The van der Waals surface area contributed by atoms with E-state index in [1.165, 1.54) is 6.39 Å². The average Bonchev–Trinajstić information content (AvgIpc) is 3.38. The van der Waals surface area contributed by atoms with E-state index in [0.717, 1.165) is 30.5 Å². The first kappa shape index (κ1) is 17.4. The second-order valence-electron chi connectivity index (χ2n) is 6.85. The Balaban J connectivity index is 1.34. The first-order valence-corrected chi connectivity index (χ1v) is 9.13. The molecule has 1 aliphatic rings. The fourth-order valence-electron chi connectivity index (χ4n) is 3.40. The Hall–Kier alpha value is -3.03. The van der Waals surface area contributed by atoms with Crippen LogP contribution in [0.3, 0.4) is 0 Å². The number of likely N-dealkylation sites (tertiary alicyclic amines) is 1. The van der Waals surface area contributed by atoms with Gasteiger partial charge in [0.1, 0.15) is 0 Å². The van der Waals surface area contributed by atoms with E-state index in [9.17, 15) is 4.79 Å². The number of nitrogens with zero attached hydrogens (tertiary/aromatic N) is 5. The fourth-order valence-corrected chi connectivity index (χ4v) is 3.40. The summed E-state index contributed by atoms with van der Waals surface area (Å²) in [5.41, 5.74) is 2.05. The molecule has 8 nitrogen and oxygen atoms in total. The highest BCUT2D eigenvalue weighted by molar-refractivity contribution is 5.76. The normalized spacial score (nSPS) is 17.2. The Morgan fingerprint density at radius 3 is 3.07 bits per heavy atom. The molecule has 1 atom stereocenters. The maximum Gasteiger partial charge on any atom is 0.227 e. The highest BCUT2D eigenvalue weighted by Crippen LogP contribution is 2.25. The molecule has 1 fully saturated rings. The molecule has 1 aliphatic heterocycles. The van der Waals surface area contributed by atoms with Crippen LogP contribution in [-0.2, 0) is 11.2 Å². The number of amides is 1. The lowest BCUT2D eigenvalue weighted by molar-refractivity contribution is -0.132. The van der Waals surface area contributed by atoms with Crippen LogP contribution in [0.15, 0.2) is 39.7 Å². The van der Waals surface area contributed by atoms with Crippen molar-refractivity contribution in [2.24, 2.45) is 0 Å². The van der Waals surface area contributed by atoms with E-state index >= 15 is 0 Å². The first-order valence-electron chi connectivity index (χ1n) is 9.13. The second kappa shape index (κ2) is 7.69. The molecular weight excluding hydrogens is 346 g/mol. The van der Waals surface area contributed by atoms with E-state index in [1.54, 1.807) is 0 Å². The first-order chi connectivity index (χ1) is 13.2. The van der Waals surface area contributed by atoms with Crippen LogP contribution in [0.1, 0.15) is 42.5 Å². The van der Waals surface area contributed by atoms with Crippen molar-refractivity contribution in [2.75, 3.05) is 13.1 Å². The lowest BCUT2D eigenvalue weighted by Crippen LogP contribution is -2.39. The molecule has 1 amide bonds. The average molecular weight is 367 g/mol. The molecular formula is C19H21N5O3. The molecule has 0 saturated carbocycles. The van der Waals surface area contributed by atoms with Crippen molar-refractivity contribution in [3.05, 3.63) is 47.9 Å². The van der Waals surface area contributed by atoms with Crippen molar-refractivity contribution in [3.63, 3.8) is 0 Å². The van der Waals surface area contributed by atoms with Gasteiger partial charge in [-0.2, -0.15) is 9.97 Å². The van der Waals surface area contributed by atoms with Crippen LogP contribution < -0.4 is 0 Å². The van der Waals surface area contributed by atoms with Gasteiger partial charge in [-0.15, -0.1) is 0 Å². The molecule has 1 saturated heterocycles. The van der Waals surface area contributed by atoms with Gasteiger partial charge in [0.05, 0.1) is 0 Å². The van der Waals surface area contributed by atoms with E-state index in [1.807, 2.05) is 36.1 Å². The van der Waals surface area contributed by atoms with E-state index in [-0.39, 0.29) is 11.8 Å². The van der Waals surface area contributed by atoms with Crippen molar-refractivity contribution in [3.8, 4) is 11.4 Å². The quantitative estimate of drug-likeness (QED) is 0.684. The van der Waals surface area contributed by atoms with Crippen molar-refractivity contribution in [1.82, 2.24) is 25.2 Å². The Labute approximate surface area is 156 Å². The summed E-state index contributed by atoms with van der Waals surface area (Å²) in [5, 5.41) is 7.93. The maximum atomic E-state index is 12.6. The summed E-state index contributed by atoms with van der Waals surface area (Å²) in [4.78, 5) is 23.0. The predicted molar refractivity (Wildman–Crippen MR) is 95.6 cm³/mol. The fraction of sp³-hybridized carbons (Fsp3) is 0.421. The van der Waals surface area contributed by atoms with Gasteiger partial charge in [-0.05, 0) is 25.8 Å². The summed E-state index contributed by atoms with van der Waals surface area (Å²) in [5.74, 6) is 1.92. The summed E-state index contributed by atoms with van der Waals surface area (Å²) < 4.78 is 10.1. The number of aromatic nitrogens is 4. The molecule has 27 heavy (non-hydrogen) atoms. The van der Waals surface area contributed by atoms with Crippen LogP contribution in [-0.4, -0.2) is 44.2 Å². The molecule has 0 unspecified atom stereocenters. The third-order valence-corrected chi connectivity index (χ3v) is 4.81. The van der Waals surface area contributed by atoms with Gasteiger partial charge in [-0.1, -0.05) is 34.1 Å². The number of hydrogen-bond donors (Lipinski definition) is 0. The molecule has 2 aromatic heterocycles. The number of aryl methyl sites for hydroxylation is 2. The smallest absolute Gasteiger partial charge is 0.227 e. The molecule has 1 aromatic carbocycles. The zero-order valence-corrected chi connectivity index (χ0v) is 15.2. The lowest BCUT2D eigenvalue weighted by Gasteiger charge is -2.31. The Morgan fingerprint density at radius 2 is 2.26 bits per heavy atom. The van der Waals surface area contributed by atoms with Crippen molar-refractivity contribution >= 4 is 5.91 Å². The van der Waals surface area contributed by atoms with Crippen molar-refractivity contribution in [2.45, 2.75) is 38.5 Å². The Kier molecular flexibility index (Phi) is 4.95. The van der Waals surface area contributed by atoms with Gasteiger partial charge in [0.15, 0.2) is 5.82 Å². The zero-order valence-electron chi connectivity index (χ0n) is 15.2. The molecule has 0 spiro atoms. The highest BCUT2D eigenvalue weighted by Gasteiger charge is 2.27. The number of carbonyl (C=O) groups excluding carboxylic acids is 1. The SMILES string of the molecule is Cc1cccc(-c2noc(CCC(=O)N3CCC[C@@H](c4ncon4)C3)n2)c1. The van der Waals surface area contributed by atoms with Crippen LogP contribution in [0.5, 0.6) is 0 Å². The molecule has 0 aliphatic carbocycles. The molecule has 0 radical (unpaired) electrons. The molecule has 3 heterocycles. The third-order valence-electron chi connectivity index (χ3n) is 4.81. The van der Waals surface area contributed by atoms with Gasteiger partial charge in [0.25, 0.3) is 0 Å². The summed E-state index contributed by atoms with van der Waals surface area (Å²) in [6.45, 7) is 3.39. The standard InChI is InChI=1S/C19H21N5O3/c1-13-4-2-5-14(10-13)19-21-16(27-23-19)7-8-17(25)24-9-3-6-15(11-24)18-20-12-26-22-18/h2,4-5,10,12,15H,3,6-9,11H2,1H3/t15-/m1/s1. The van der Waals surface area contributed by atoms with E-state index < -0.39 is 0 Å². The largest absolute Gasteiger partial charge is 0.343 e. The lowest BCUT2D eigenvalue weighted by atomic mass is 9.97. The predicted octanol–water partition coefficient (Wildman–Crippen LogP) is 2.77. The minimum absolute atomic E-state index is 0.0819. The molecule has 4 rings (SSSR count). The van der Waals surface area contributed by atoms with Gasteiger partial charge < -0.3 is 13.9 Å². The zero-order chi connectivity index (χ0) is 18.6. The van der Waals surface area contributed by atoms with Gasteiger partial charge in [0.2, 0.25) is 24.0 Å². The number of carbonyl (C=O) groups is 1. The monoisotopic (exact) mass is 367 g/mol. The van der Waals surface area contributed by atoms with Gasteiger partial charge in [0, 0.05) is 37.4 Å². The number of rotatable bonds is 5. The number of hydrogen-bond acceptors (Lipinski definition) is 7. The minimum Gasteiger partial charge on any atom is -0.343 e.